The molecule has 0 atom stereocenters. The third kappa shape index (κ3) is 4.49. The number of rotatable bonds is 8. The molecule has 0 saturated carbocycles. The molecular weight excluding hydrogens is 270 g/mol. The highest BCUT2D eigenvalue weighted by Gasteiger charge is 2.39. The van der Waals surface area contributed by atoms with Gasteiger partial charge in [0, 0.05) is 45.1 Å². The lowest BCUT2D eigenvalue weighted by Crippen LogP contribution is -2.37. The molecule has 21 heavy (non-hydrogen) atoms. The van der Waals surface area contributed by atoms with Crippen LogP contribution in [0.1, 0.15) is 51.7 Å². The fourth-order valence-corrected chi connectivity index (χ4v) is 2.58. The summed E-state index contributed by atoms with van der Waals surface area (Å²) in [4.78, 5) is 4.56. The van der Waals surface area contributed by atoms with Crippen molar-refractivity contribution in [1.29, 1.82) is 0 Å². The third-order valence-corrected chi connectivity index (χ3v) is 3.72. The number of ether oxygens (including phenoxy) is 2. The maximum atomic E-state index is 5.95. The Morgan fingerprint density at radius 2 is 2.10 bits per heavy atom. The van der Waals surface area contributed by atoms with Crippen LogP contribution < -0.4 is 5.32 Å². The molecule has 6 heteroatoms. The number of nitrogens with zero attached hydrogens (tertiary/aromatic N) is 2. The molecule has 1 N–H and O–H groups in total. The van der Waals surface area contributed by atoms with Crippen molar-refractivity contribution in [1.82, 2.24) is 15.5 Å². The van der Waals surface area contributed by atoms with Gasteiger partial charge >= 0.3 is 0 Å². The second-order valence-electron chi connectivity index (χ2n) is 5.76. The molecule has 1 aliphatic heterocycles. The Kier molecular flexibility index (Phi) is 6.14. The van der Waals surface area contributed by atoms with Crippen LogP contribution in [0.15, 0.2) is 4.52 Å². The Labute approximate surface area is 126 Å². The topological polar surface area (TPSA) is 69.4 Å². The van der Waals surface area contributed by atoms with Gasteiger partial charge in [-0.15, -0.1) is 0 Å². The molecule has 2 heterocycles. The van der Waals surface area contributed by atoms with Crippen LogP contribution in [0.2, 0.25) is 0 Å². The fraction of sp³-hybridized carbons (Fsp3) is 0.867. The Bertz CT molecular complexity index is 409. The quantitative estimate of drug-likeness (QED) is 0.741. The first-order valence-electron chi connectivity index (χ1n) is 7.94. The van der Waals surface area contributed by atoms with Crippen molar-refractivity contribution in [2.75, 3.05) is 26.4 Å². The summed E-state index contributed by atoms with van der Waals surface area (Å²) in [7, 11) is 0. The maximum absolute atomic E-state index is 5.95. The molecule has 0 amide bonds. The summed E-state index contributed by atoms with van der Waals surface area (Å²) in [5.41, 5.74) is -0.426. The Morgan fingerprint density at radius 1 is 1.33 bits per heavy atom. The molecule has 1 fully saturated rings. The van der Waals surface area contributed by atoms with Crippen molar-refractivity contribution in [3.63, 3.8) is 0 Å². The van der Waals surface area contributed by atoms with Crippen molar-refractivity contribution >= 4 is 0 Å². The minimum atomic E-state index is -0.426. The number of nitrogens with one attached hydrogen (secondary N) is 1. The van der Waals surface area contributed by atoms with Crippen LogP contribution in [0.5, 0.6) is 0 Å². The van der Waals surface area contributed by atoms with Gasteiger partial charge < -0.3 is 19.3 Å². The van der Waals surface area contributed by atoms with Crippen molar-refractivity contribution in [3.05, 3.63) is 11.7 Å². The van der Waals surface area contributed by atoms with E-state index in [4.69, 9.17) is 14.0 Å². The van der Waals surface area contributed by atoms with Crippen LogP contribution in [0, 0.1) is 0 Å². The molecular formula is C15H27N3O3. The van der Waals surface area contributed by atoms with Crippen molar-refractivity contribution in [2.45, 2.75) is 58.1 Å². The molecule has 1 aliphatic rings. The summed E-state index contributed by atoms with van der Waals surface area (Å²) >= 11 is 0. The average Bonchev–Trinajstić information content (AvgIpc) is 2.94. The van der Waals surface area contributed by atoms with E-state index >= 15 is 0 Å². The van der Waals surface area contributed by atoms with E-state index in [1.807, 2.05) is 6.92 Å². The molecule has 1 saturated heterocycles. The lowest BCUT2D eigenvalue weighted by atomic mass is 9.93. The molecule has 6 nitrogen and oxygen atoms in total. The smallest absolute Gasteiger partial charge is 0.226 e. The highest BCUT2D eigenvalue weighted by molar-refractivity contribution is 5.03. The monoisotopic (exact) mass is 297 g/mol. The number of aryl methyl sites for hydroxylation is 1. The second-order valence-corrected chi connectivity index (χ2v) is 5.76. The van der Waals surface area contributed by atoms with Crippen LogP contribution in [0.25, 0.3) is 0 Å². The van der Waals surface area contributed by atoms with Gasteiger partial charge in [0.05, 0.1) is 0 Å². The van der Waals surface area contributed by atoms with Crippen LogP contribution in [0.3, 0.4) is 0 Å². The molecule has 120 valence electrons. The highest BCUT2D eigenvalue weighted by Crippen LogP contribution is 2.34. The summed E-state index contributed by atoms with van der Waals surface area (Å²) in [6.07, 6.45) is 3.36. The van der Waals surface area contributed by atoms with Gasteiger partial charge in [0.1, 0.15) is 5.60 Å². The molecule has 0 aliphatic carbocycles. The van der Waals surface area contributed by atoms with Crippen molar-refractivity contribution < 1.29 is 14.0 Å². The van der Waals surface area contributed by atoms with E-state index in [0.717, 1.165) is 32.2 Å². The Morgan fingerprint density at radius 3 is 2.76 bits per heavy atom. The first-order valence-corrected chi connectivity index (χ1v) is 7.94. The molecule has 2 rings (SSSR count). The zero-order chi connectivity index (χ0) is 15.1. The first-order chi connectivity index (χ1) is 10.2. The Balaban J connectivity index is 1.93. The van der Waals surface area contributed by atoms with Gasteiger partial charge in [-0.25, -0.2) is 0 Å². The SMILES string of the molecule is CCOC1(c2noc(CCCNC(C)C)n2)CCOCC1. The number of hydrogen-bond acceptors (Lipinski definition) is 6. The van der Waals surface area contributed by atoms with Crippen molar-refractivity contribution in [2.24, 2.45) is 0 Å². The first kappa shape index (κ1) is 16.4. The van der Waals surface area contributed by atoms with E-state index in [2.05, 4.69) is 29.3 Å². The molecule has 1 aromatic rings. The summed E-state index contributed by atoms with van der Waals surface area (Å²) in [6.45, 7) is 9.24. The minimum Gasteiger partial charge on any atom is -0.381 e. The summed E-state index contributed by atoms with van der Waals surface area (Å²) < 4.78 is 16.8. The number of hydrogen-bond donors (Lipinski definition) is 1. The molecule has 0 spiro atoms. The third-order valence-electron chi connectivity index (χ3n) is 3.72. The van der Waals surface area contributed by atoms with Gasteiger partial charge in [0.25, 0.3) is 0 Å². The lowest BCUT2D eigenvalue weighted by molar-refractivity contribution is -0.118. The van der Waals surface area contributed by atoms with E-state index < -0.39 is 5.60 Å². The van der Waals surface area contributed by atoms with E-state index in [1.54, 1.807) is 0 Å². The molecule has 0 unspecified atom stereocenters. The summed E-state index contributed by atoms with van der Waals surface area (Å²) in [6, 6.07) is 0.506. The largest absolute Gasteiger partial charge is 0.381 e. The van der Waals surface area contributed by atoms with Gasteiger partial charge in [-0.2, -0.15) is 4.98 Å². The molecule has 0 aromatic carbocycles. The zero-order valence-electron chi connectivity index (χ0n) is 13.4. The van der Waals surface area contributed by atoms with Crippen molar-refractivity contribution in [3.8, 4) is 0 Å². The maximum Gasteiger partial charge on any atom is 0.226 e. The van der Waals surface area contributed by atoms with Gasteiger partial charge in [0.2, 0.25) is 11.7 Å². The predicted octanol–water partition coefficient (Wildman–Crippen LogP) is 2.04. The fourth-order valence-electron chi connectivity index (χ4n) is 2.58. The van der Waals surface area contributed by atoms with Crippen LogP contribution in [0.4, 0.5) is 0 Å². The molecule has 0 bridgehead atoms. The molecule has 1 aromatic heterocycles. The lowest BCUT2D eigenvalue weighted by Gasteiger charge is -2.33. The molecule has 0 radical (unpaired) electrons. The zero-order valence-corrected chi connectivity index (χ0v) is 13.4. The van der Waals surface area contributed by atoms with Gasteiger partial charge in [-0.05, 0) is 19.9 Å². The van der Waals surface area contributed by atoms with Gasteiger partial charge in [-0.3, -0.25) is 0 Å². The van der Waals surface area contributed by atoms with Crippen LogP contribution >= 0.6 is 0 Å². The van der Waals surface area contributed by atoms with Crippen LogP contribution in [-0.4, -0.2) is 42.5 Å². The van der Waals surface area contributed by atoms with E-state index in [0.29, 0.717) is 37.6 Å². The minimum absolute atomic E-state index is 0.426. The van der Waals surface area contributed by atoms with E-state index in [1.165, 1.54) is 0 Å². The highest BCUT2D eigenvalue weighted by atomic mass is 16.5. The van der Waals surface area contributed by atoms with E-state index in [9.17, 15) is 0 Å². The van der Waals surface area contributed by atoms with E-state index in [-0.39, 0.29) is 0 Å². The summed E-state index contributed by atoms with van der Waals surface area (Å²) in [5.74, 6) is 1.38. The average molecular weight is 297 g/mol. The Hall–Kier alpha value is -0.980. The summed E-state index contributed by atoms with van der Waals surface area (Å²) in [5, 5.41) is 7.54. The van der Waals surface area contributed by atoms with Gasteiger partial charge in [-0.1, -0.05) is 19.0 Å². The standard InChI is InChI=1S/C15H27N3O3/c1-4-20-15(7-10-19-11-8-15)14-17-13(21-18-14)6-5-9-16-12(2)3/h12,16H,4-11H2,1-3H3. The van der Waals surface area contributed by atoms with Crippen LogP contribution in [-0.2, 0) is 21.5 Å². The van der Waals surface area contributed by atoms with Gasteiger partial charge in [0.15, 0.2) is 0 Å². The number of aromatic nitrogens is 2. The second kappa shape index (κ2) is 7.87. The normalized spacial score (nSPS) is 18.3. The predicted molar refractivity (Wildman–Crippen MR) is 79.1 cm³/mol.